The minimum atomic E-state index is -0.327. The Kier molecular flexibility index (Phi) is 5.04. The number of rotatable bonds is 3. The first-order chi connectivity index (χ1) is 12.0. The van der Waals surface area contributed by atoms with Gasteiger partial charge in [0.2, 0.25) is 0 Å². The van der Waals surface area contributed by atoms with Crippen LogP contribution in [0.15, 0.2) is 42.5 Å². The van der Waals surface area contributed by atoms with E-state index >= 15 is 0 Å². The van der Waals surface area contributed by atoms with Crippen molar-refractivity contribution in [2.45, 2.75) is 26.1 Å². The predicted molar refractivity (Wildman–Crippen MR) is 94.3 cm³/mol. The second-order valence-corrected chi connectivity index (χ2v) is 6.39. The van der Waals surface area contributed by atoms with Crippen LogP contribution in [0.3, 0.4) is 0 Å². The first-order valence-electron chi connectivity index (χ1n) is 8.36. The van der Waals surface area contributed by atoms with Crippen molar-refractivity contribution >= 4 is 5.91 Å². The normalized spacial score (nSPS) is 20.4. The van der Waals surface area contributed by atoms with Gasteiger partial charge in [0.25, 0.3) is 5.91 Å². The average molecular weight is 343 g/mol. The summed E-state index contributed by atoms with van der Waals surface area (Å²) in [4.78, 5) is 14.5. The van der Waals surface area contributed by atoms with Crippen LogP contribution in [0, 0.1) is 5.82 Å². The third-order valence-corrected chi connectivity index (χ3v) is 4.31. The topological polar surface area (TPSA) is 38.8 Å². The molecule has 0 aliphatic carbocycles. The standard InChI is InChI=1S/C20H22FNO3/c1-13-11-22(12-14(2)25-13)20(23)16-6-4-15(5-7-16)18-10-17(21)8-9-19(18)24-3/h4-10,13-14H,11-12H2,1-3H3/t13-,14+. The largest absolute Gasteiger partial charge is 0.496 e. The summed E-state index contributed by atoms with van der Waals surface area (Å²) < 4.78 is 24.5. The van der Waals surface area contributed by atoms with Gasteiger partial charge < -0.3 is 14.4 Å². The lowest BCUT2D eigenvalue weighted by Gasteiger charge is -2.35. The summed E-state index contributed by atoms with van der Waals surface area (Å²) in [6, 6.07) is 11.6. The summed E-state index contributed by atoms with van der Waals surface area (Å²) in [5.41, 5.74) is 2.08. The van der Waals surface area contributed by atoms with Gasteiger partial charge in [-0.25, -0.2) is 4.39 Å². The van der Waals surface area contributed by atoms with Gasteiger partial charge in [-0.05, 0) is 49.7 Å². The minimum Gasteiger partial charge on any atom is -0.496 e. The second-order valence-electron chi connectivity index (χ2n) is 6.39. The number of halogens is 1. The van der Waals surface area contributed by atoms with Gasteiger partial charge in [-0.3, -0.25) is 4.79 Å². The molecule has 1 aliphatic rings. The quantitative estimate of drug-likeness (QED) is 0.852. The van der Waals surface area contributed by atoms with Crippen LogP contribution in [0.25, 0.3) is 11.1 Å². The molecule has 25 heavy (non-hydrogen) atoms. The van der Waals surface area contributed by atoms with E-state index in [-0.39, 0.29) is 23.9 Å². The van der Waals surface area contributed by atoms with E-state index in [1.165, 1.54) is 12.1 Å². The van der Waals surface area contributed by atoms with Crippen molar-refractivity contribution in [3.63, 3.8) is 0 Å². The Morgan fingerprint density at radius 3 is 2.36 bits per heavy atom. The molecule has 1 saturated heterocycles. The monoisotopic (exact) mass is 343 g/mol. The van der Waals surface area contributed by atoms with Crippen molar-refractivity contribution in [2.24, 2.45) is 0 Å². The van der Waals surface area contributed by atoms with Crippen molar-refractivity contribution in [3.05, 3.63) is 53.8 Å². The van der Waals surface area contributed by atoms with Gasteiger partial charge >= 0.3 is 0 Å². The van der Waals surface area contributed by atoms with Gasteiger partial charge in [0.1, 0.15) is 11.6 Å². The van der Waals surface area contributed by atoms with Gasteiger partial charge in [-0.15, -0.1) is 0 Å². The number of methoxy groups -OCH3 is 1. The van der Waals surface area contributed by atoms with E-state index in [0.717, 1.165) is 5.56 Å². The predicted octanol–water partition coefficient (Wildman–Crippen LogP) is 3.75. The summed E-state index contributed by atoms with van der Waals surface area (Å²) in [7, 11) is 1.55. The van der Waals surface area contributed by atoms with E-state index in [1.807, 2.05) is 30.9 Å². The third kappa shape index (κ3) is 3.82. The lowest BCUT2D eigenvalue weighted by Crippen LogP contribution is -2.48. The molecule has 4 nitrogen and oxygen atoms in total. The first kappa shape index (κ1) is 17.4. The fourth-order valence-electron chi connectivity index (χ4n) is 3.22. The number of ether oxygens (including phenoxy) is 2. The van der Waals surface area contributed by atoms with Gasteiger partial charge in [0.15, 0.2) is 0 Å². The van der Waals surface area contributed by atoms with Crippen LogP contribution in [0.1, 0.15) is 24.2 Å². The van der Waals surface area contributed by atoms with Crippen molar-refractivity contribution in [3.8, 4) is 16.9 Å². The zero-order chi connectivity index (χ0) is 18.0. The third-order valence-electron chi connectivity index (χ3n) is 4.31. The molecule has 3 rings (SSSR count). The molecule has 0 aromatic heterocycles. The molecule has 1 amide bonds. The van der Waals surface area contributed by atoms with Crippen LogP contribution in [0.5, 0.6) is 5.75 Å². The summed E-state index contributed by atoms with van der Waals surface area (Å²) in [6.45, 7) is 5.11. The highest BCUT2D eigenvalue weighted by atomic mass is 19.1. The number of hydrogen-bond donors (Lipinski definition) is 0. The van der Waals surface area contributed by atoms with E-state index in [4.69, 9.17) is 9.47 Å². The molecule has 0 spiro atoms. The molecule has 132 valence electrons. The maximum Gasteiger partial charge on any atom is 0.254 e. The van der Waals surface area contributed by atoms with Gasteiger partial charge in [0, 0.05) is 24.2 Å². The summed E-state index contributed by atoms with van der Waals surface area (Å²) in [6.07, 6.45) is 0.0621. The molecule has 2 atom stereocenters. The highest BCUT2D eigenvalue weighted by Crippen LogP contribution is 2.31. The first-order valence-corrected chi connectivity index (χ1v) is 8.36. The average Bonchev–Trinajstić information content (AvgIpc) is 2.60. The maximum atomic E-state index is 13.6. The lowest BCUT2D eigenvalue weighted by molar-refractivity contribution is -0.0586. The van der Waals surface area contributed by atoms with E-state index < -0.39 is 0 Å². The van der Waals surface area contributed by atoms with Crippen molar-refractivity contribution in [2.75, 3.05) is 20.2 Å². The maximum absolute atomic E-state index is 13.6. The molecule has 2 aromatic rings. The van der Waals surface area contributed by atoms with Gasteiger partial charge in [0.05, 0.1) is 19.3 Å². The Morgan fingerprint density at radius 1 is 1.12 bits per heavy atom. The van der Waals surface area contributed by atoms with Crippen LogP contribution in [-0.4, -0.2) is 43.2 Å². The van der Waals surface area contributed by atoms with E-state index in [2.05, 4.69) is 0 Å². The van der Waals surface area contributed by atoms with Gasteiger partial charge in [-0.1, -0.05) is 12.1 Å². The molecular formula is C20H22FNO3. The molecule has 0 bridgehead atoms. The smallest absolute Gasteiger partial charge is 0.254 e. The molecule has 0 radical (unpaired) electrons. The van der Waals surface area contributed by atoms with Crippen molar-refractivity contribution in [1.29, 1.82) is 0 Å². The number of amides is 1. The molecule has 1 heterocycles. The fourth-order valence-corrected chi connectivity index (χ4v) is 3.22. The van der Waals surface area contributed by atoms with Crippen LogP contribution < -0.4 is 4.74 Å². The number of carbonyl (C=O) groups excluding carboxylic acids is 1. The molecule has 5 heteroatoms. The Morgan fingerprint density at radius 2 is 1.76 bits per heavy atom. The molecule has 1 fully saturated rings. The van der Waals surface area contributed by atoms with Gasteiger partial charge in [-0.2, -0.15) is 0 Å². The SMILES string of the molecule is COc1ccc(F)cc1-c1ccc(C(=O)N2C[C@@H](C)O[C@@H](C)C2)cc1. The fraction of sp³-hybridized carbons (Fsp3) is 0.350. The Balaban J connectivity index is 1.83. The highest BCUT2D eigenvalue weighted by Gasteiger charge is 2.26. The Labute approximate surface area is 147 Å². The lowest BCUT2D eigenvalue weighted by atomic mass is 10.0. The van der Waals surface area contributed by atoms with Crippen LogP contribution >= 0.6 is 0 Å². The molecule has 0 N–H and O–H groups in total. The van der Waals surface area contributed by atoms with Crippen LogP contribution in [0.4, 0.5) is 4.39 Å². The number of hydrogen-bond acceptors (Lipinski definition) is 3. The summed E-state index contributed by atoms with van der Waals surface area (Å²) in [5.74, 6) is 0.253. The zero-order valence-corrected chi connectivity index (χ0v) is 14.7. The van der Waals surface area contributed by atoms with Crippen LogP contribution in [0.2, 0.25) is 0 Å². The number of benzene rings is 2. The highest BCUT2D eigenvalue weighted by molar-refractivity contribution is 5.95. The van der Waals surface area contributed by atoms with Crippen molar-refractivity contribution < 1.29 is 18.7 Å². The number of morpholine rings is 1. The minimum absolute atomic E-state index is 0.0141. The Bertz CT molecular complexity index is 750. The summed E-state index contributed by atoms with van der Waals surface area (Å²) >= 11 is 0. The molecule has 0 unspecified atom stereocenters. The molecule has 1 aliphatic heterocycles. The molecule has 0 saturated carbocycles. The zero-order valence-electron chi connectivity index (χ0n) is 14.7. The van der Waals surface area contributed by atoms with Crippen molar-refractivity contribution in [1.82, 2.24) is 4.90 Å². The summed E-state index contributed by atoms with van der Waals surface area (Å²) in [5, 5.41) is 0. The molecular weight excluding hydrogens is 321 g/mol. The van der Waals surface area contributed by atoms with Crippen LogP contribution in [-0.2, 0) is 4.74 Å². The number of carbonyl (C=O) groups is 1. The second kappa shape index (κ2) is 7.23. The van der Waals surface area contributed by atoms with E-state index in [0.29, 0.717) is 30.0 Å². The van der Waals surface area contributed by atoms with E-state index in [9.17, 15) is 9.18 Å². The molecule has 2 aromatic carbocycles. The number of nitrogens with zero attached hydrogens (tertiary/aromatic N) is 1. The Hall–Kier alpha value is -2.40. The van der Waals surface area contributed by atoms with E-state index in [1.54, 1.807) is 25.3 Å².